The number of aromatic nitrogens is 2. The number of nitrogens with zero attached hydrogens (tertiary/aromatic N) is 3. The van der Waals surface area contributed by atoms with E-state index in [1.54, 1.807) is 22.9 Å². The minimum absolute atomic E-state index is 0.322. The summed E-state index contributed by atoms with van der Waals surface area (Å²) in [5.41, 5.74) is 1.03. The lowest BCUT2D eigenvalue weighted by Crippen LogP contribution is -2.21. The quantitative estimate of drug-likeness (QED) is 0.899. The largest absolute Gasteiger partial charge is 0.382 e. The van der Waals surface area contributed by atoms with E-state index in [4.69, 9.17) is 34.8 Å². The molecule has 1 atom stereocenters. The zero-order valence-corrected chi connectivity index (χ0v) is 14.0. The van der Waals surface area contributed by atoms with Crippen molar-refractivity contribution in [3.63, 3.8) is 0 Å². The maximum absolute atomic E-state index is 10.6. The Morgan fingerprint density at radius 2 is 1.95 bits per heavy atom. The Morgan fingerprint density at radius 3 is 2.62 bits per heavy atom. The van der Waals surface area contributed by atoms with Gasteiger partial charge in [0.25, 0.3) is 0 Å². The molecule has 0 fully saturated rings. The number of likely N-dealkylation sites (N-methyl/N-ethyl adjacent to an activating group) is 1. The van der Waals surface area contributed by atoms with E-state index in [1.807, 2.05) is 19.0 Å². The van der Waals surface area contributed by atoms with Crippen molar-refractivity contribution in [2.24, 2.45) is 0 Å². The van der Waals surface area contributed by atoms with Crippen molar-refractivity contribution < 1.29 is 5.11 Å². The van der Waals surface area contributed by atoms with Gasteiger partial charge in [0.2, 0.25) is 0 Å². The SMILES string of the molecule is CN(C)CCn1ncc(Cl)c1C(O)c1cccc(Cl)c1Cl. The van der Waals surface area contributed by atoms with Crippen LogP contribution in [0.2, 0.25) is 15.1 Å². The van der Waals surface area contributed by atoms with Gasteiger partial charge in [-0.3, -0.25) is 4.68 Å². The molecule has 7 heteroatoms. The Kier molecular flexibility index (Phi) is 5.52. The van der Waals surface area contributed by atoms with E-state index in [9.17, 15) is 5.11 Å². The van der Waals surface area contributed by atoms with Gasteiger partial charge in [0.05, 0.1) is 33.5 Å². The third-order valence-corrected chi connectivity index (χ3v) is 4.25. The maximum atomic E-state index is 10.6. The van der Waals surface area contributed by atoms with Crippen molar-refractivity contribution in [1.29, 1.82) is 0 Å². The number of aliphatic hydroxyl groups is 1. The van der Waals surface area contributed by atoms with Gasteiger partial charge in [0.15, 0.2) is 0 Å². The van der Waals surface area contributed by atoms with Gasteiger partial charge in [-0.2, -0.15) is 5.10 Å². The van der Waals surface area contributed by atoms with Gasteiger partial charge < -0.3 is 10.0 Å². The lowest BCUT2D eigenvalue weighted by Gasteiger charge is -2.17. The van der Waals surface area contributed by atoms with Crippen LogP contribution < -0.4 is 0 Å². The highest BCUT2D eigenvalue weighted by atomic mass is 35.5. The number of hydrogen-bond acceptors (Lipinski definition) is 3. The van der Waals surface area contributed by atoms with Crippen LogP contribution in [-0.2, 0) is 6.54 Å². The monoisotopic (exact) mass is 347 g/mol. The fourth-order valence-electron chi connectivity index (χ4n) is 2.00. The lowest BCUT2D eigenvalue weighted by molar-refractivity contribution is 0.206. The van der Waals surface area contributed by atoms with Crippen molar-refractivity contribution in [1.82, 2.24) is 14.7 Å². The van der Waals surface area contributed by atoms with Crippen LogP contribution in [0.25, 0.3) is 0 Å². The molecule has 2 rings (SSSR count). The van der Waals surface area contributed by atoms with Crippen molar-refractivity contribution in [3.8, 4) is 0 Å². The minimum Gasteiger partial charge on any atom is -0.382 e. The van der Waals surface area contributed by atoms with E-state index in [2.05, 4.69) is 5.10 Å². The first-order valence-electron chi connectivity index (χ1n) is 6.39. The van der Waals surface area contributed by atoms with Crippen molar-refractivity contribution in [3.05, 3.63) is 50.7 Å². The Bertz CT molecular complexity index is 628. The number of halogens is 3. The first kappa shape index (κ1) is 16.6. The molecule has 0 aliphatic carbocycles. The molecule has 0 amide bonds. The summed E-state index contributed by atoms with van der Waals surface area (Å²) in [6.07, 6.45) is 0.544. The summed E-state index contributed by atoms with van der Waals surface area (Å²) in [6, 6.07) is 5.13. The number of benzene rings is 1. The Labute approximate surface area is 138 Å². The molecule has 1 aromatic heterocycles. The highest BCUT2D eigenvalue weighted by Gasteiger charge is 2.22. The molecule has 2 aromatic rings. The van der Waals surface area contributed by atoms with Crippen LogP contribution >= 0.6 is 34.8 Å². The molecule has 0 saturated carbocycles. The van der Waals surface area contributed by atoms with Gasteiger partial charge in [0.1, 0.15) is 6.10 Å². The predicted octanol–water partition coefficient (Wildman–Crippen LogP) is 3.49. The molecule has 0 spiro atoms. The summed E-state index contributed by atoms with van der Waals surface area (Å²) in [6.45, 7) is 1.39. The predicted molar refractivity (Wildman–Crippen MR) is 86.3 cm³/mol. The molecule has 1 N–H and O–H groups in total. The van der Waals surface area contributed by atoms with E-state index >= 15 is 0 Å². The molecule has 21 heavy (non-hydrogen) atoms. The molecule has 0 bridgehead atoms. The van der Waals surface area contributed by atoms with E-state index in [-0.39, 0.29) is 0 Å². The average molecular weight is 349 g/mol. The van der Waals surface area contributed by atoms with Gasteiger partial charge in [0, 0.05) is 12.1 Å². The summed E-state index contributed by atoms with van der Waals surface area (Å²) < 4.78 is 1.68. The molecule has 114 valence electrons. The number of rotatable bonds is 5. The van der Waals surface area contributed by atoms with Crippen LogP contribution in [0.1, 0.15) is 17.4 Å². The zero-order valence-electron chi connectivity index (χ0n) is 11.7. The fraction of sp³-hybridized carbons (Fsp3) is 0.357. The zero-order chi connectivity index (χ0) is 15.6. The highest BCUT2D eigenvalue weighted by Crippen LogP contribution is 2.35. The van der Waals surface area contributed by atoms with Crippen molar-refractivity contribution in [2.45, 2.75) is 12.6 Å². The molecule has 0 saturated heterocycles. The first-order valence-corrected chi connectivity index (χ1v) is 7.53. The van der Waals surface area contributed by atoms with E-state index in [1.165, 1.54) is 6.20 Å². The third kappa shape index (κ3) is 3.71. The van der Waals surface area contributed by atoms with Gasteiger partial charge in [-0.05, 0) is 20.2 Å². The highest BCUT2D eigenvalue weighted by molar-refractivity contribution is 6.42. The molecule has 1 heterocycles. The van der Waals surface area contributed by atoms with Crippen LogP contribution in [0.3, 0.4) is 0 Å². The van der Waals surface area contributed by atoms with Crippen LogP contribution in [0.15, 0.2) is 24.4 Å². The van der Waals surface area contributed by atoms with Crippen molar-refractivity contribution in [2.75, 3.05) is 20.6 Å². The smallest absolute Gasteiger partial charge is 0.124 e. The molecular formula is C14H16Cl3N3O. The molecule has 1 unspecified atom stereocenters. The van der Waals surface area contributed by atoms with Crippen LogP contribution in [0.4, 0.5) is 0 Å². The molecule has 1 aromatic carbocycles. The molecular weight excluding hydrogens is 333 g/mol. The number of aliphatic hydroxyl groups excluding tert-OH is 1. The third-order valence-electron chi connectivity index (χ3n) is 3.13. The topological polar surface area (TPSA) is 41.3 Å². The lowest BCUT2D eigenvalue weighted by atomic mass is 10.1. The summed E-state index contributed by atoms with van der Waals surface area (Å²) in [4.78, 5) is 2.03. The van der Waals surface area contributed by atoms with Crippen LogP contribution in [0, 0.1) is 0 Å². The first-order chi connectivity index (χ1) is 9.91. The van der Waals surface area contributed by atoms with E-state index in [0.29, 0.717) is 32.9 Å². The summed E-state index contributed by atoms with van der Waals surface area (Å²) in [5, 5.41) is 15.9. The van der Waals surface area contributed by atoms with Gasteiger partial charge in [-0.1, -0.05) is 46.9 Å². The second-order valence-corrected chi connectivity index (χ2v) is 6.14. The molecule has 0 radical (unpaired) electrons. The maximum Gasteiger partial charge on any atom is 0.124 e. The average Bonchev–Trinajstić information content (AvgIpc) is 2.80. The Hall–Kier alpha value is -0.780. The van der Waals surface area contributed by atoms with Crippen LogP contribution in [-0.4, -0.2) is 40.4 Å². The number of hydrogen-bond donors (Lipinski definition) is 1. The van der Waals surface area contributed by atoms with Crippen LogP contribution in [0.5, 0.6) is 0 Å². The minimum atomic E-state index is -0.978. The van der Waals surface area contributed by atoms with E-state index in [0.717, 1.165) is 6.54 Å². The Morgan fingerprint density at radius 1 is 1.24 bits per heavy atom. The summed E-state index contributed by atoms with van der Waals surface area (Å²) >= 11 is 18.3. The summed E-state index contributed by atoms with van der Waals surface area (Å²) in [7, 11) is 3.93. The van der Waals surface area contributed by atoms with Gasteiger partial charge >= 0.3 is 0 Å². The second kappa shape index (κ2) is 6.99. The second-order valence-electron chi connectivity index (χ2n) is 4.95. The molecule has 0 aliphatic heterocycles. The fourth-order valence-corrected chi connectivity index (χ4v) is 2.65. The van der Waals surface area contributed by atoms with Gasteiger partial charge in [-0.15, -0.1) is 0 Å². The Balaban J connectivity index is 2.36. The molecule has 0 aliphatic rings. The van der Waals surface area contributed by atoms with Gasteiger partial charge in [-0.25, -0.2) is 0 Å². The van der Waals surface area contributed by atoms with Crippen molar-refractivity contribution >= 4 is 34.8 Å². The molecule has 4 nitrogen and oxygen atoms in total. The van der Waals surface area contributed by atoms with E-state index < -0.39 is 6.10 Å². The standard InChI is InChI=1S/C14H16Cl3N3O/c1-19(2)6-7-20-13(11(16)8-18-20)14(21)9-4-3-5-10(15)12(9)17/h3-5,8,14,21H,6-7H2,1-2H3. The normalized spacial score (nSPS) is 12.9. The summed E-state index contributed by atoms with van der Waals surface area (Å²) in [5.74, 6) is 0.